The van der Waals surface area contributed by atoms with Gasteiger partial charge in [-0.3, -0.25) is 9.59 Å². The van der Waals surface area contributed by atoms with Crippen molar-refractivity contribution in [3.63, 3.8) is 0 Å². The summed E-state index contributed by atoms with van der Waals surface area (Å²) in [6.07, 6.45) is -4.79. The number of halogens is 4. The summed E-state index contributed by atoms with van der Waals surface area (Å²) in [5.74, 6) is -2.83. The zero-order valence-electron chi connectivity index (χ0n) is 16.4. The van der Waals surface area contributed by atoms with Crippen molar-refractivity contribution in [3.8, 4) is 11.1 Å². The number of alkyl halides is 3. The standard InChI is InChI=1S/C19H10ClF3N6O4S/c20-11-13(27-28-16(11)29(32)33)17(31)26-12-10-8(7-4-2-1-3-5-7)6-9(19(21,22)23)25-18(10)34-14(12)15(24)30/h1-6H,(H2,24,30)(H,26,31)(H,27,28). The number of carbonyl (C=O) groups is 2. The number of hydrogen-bond donors (Lipinski definition) is 3. The minimum atomic E-state index is -4.79. The van der Waals surface area contributed by atoms with Gasteiger partial charge in [-0.2, -0.15) is 13.2 Å². The molecule has 4 aromatic rings. The number of fused-ring (bicyclic) bond motifs is 1. The molecule has 174 valence electrons. The highest BCUT2D eigenvalue weighted by Gasteiger charge is 2.35. The Morgan fingerprint density at radius 2 is 1.91 bits per heavy atom. The number of aromatic nitrogens is 3. The summed E-state index contributed by atoms with van der Waals surface area (Å²) >= 11 is 6.40. The van der Waals surface area contributed by atoms with Crippen LogP contribution in [-0.4, -0.2) is 31.9 Å². The number of rotatable bonds is 5. The molecule has 0 fully saturated rings. The molecule has 10 nitrogen and oxygen atoms in total. The van der Waals surface area contributed by atoms with Gasteiger partial charge in [0.1, 0.15) is 15.4 Å². The van der Waals surface area contributed by atoms with E-state index >= 15 is 0 Å². The maximum Gasteiger partial charge on any atom is 0.433 e. The number of nitrogens with one attached hydrogen (secondary N) is 2. The Labute approximate surface area is 195 Å². The van der Waals surface area contributed by atoms with Crippen molar-refractivity contribution in [2.45, 2.75) is 6.18 Å². The van der Waals surface area contributed by atoms with Crippen LogP contribution in [0.2, 0.25) is 5.02 Å². The van der Waals surface area contributed by atoms with E-state index in [9.17, 15) is 32.9 Å². The molecular formula is C19H10ClF3N6O4S. The first kappa shape index (κ1) is 23.1. The zero-order valence-corrected chi connectivity index (χ0v) is 18.0. The van der Waals surface area contributed by atoms with Gasteiger partial charge in [0.05, 0.1) is 5.69 Å². The van der Waals surface area contributed by atoms with E-state index in [-0.39, 0.29) is 26.3 Å². The third-order valence-electron chi connectivity index (χ3n) is 4.59. The number of primary amides is 1. The van der Waals surface area contributed by atoms with E-state index in [4.69, 9.17) is 17.3 Å². The predicted octanol–water partition coefficient (Wildman–Crippen LogP) is 4.62. The van der Waals surface area contributed by atoms with Crippen LogP contribution >= 0.6 is 22.9 Å². The maximum absolute atomic E-state index is 13.5. The lowest BCUT2D eigenvalue weighted by Crippen LogP contribution is -2.17. The van der Waals surface area contributed by atoms with Gasteiger partial charge in [0.2, 0.25) is 0 Å². The van der Waals surface area contributed by atoms with Crippen LogP contribution in [0.15, 0.2) is 36.4 Å². The van der Waals surface area contributed by atoms with Crippen molar-refractivity contribution in [3.05, 3.63) is 67.8 Å². The molecule has 0 unspecified atom stereocenters. The zero-order chi connectivity index (χ0) is 24.8. The number of nitrogens with zero attached hydrogens (tertiary/aromatic N) is 3. The number of nitrogens with two attached hydrogens (primary N) is 1. The molecule has 34 heavy (non-hydrogen) atoms. The van der Waals surface area contributed by atoms with Crippen LogP contribution in [0.3, 0.4) is 0 Å². The molecule has 0 saturated carbocycles. The molecule has 3 heterocycles. The highest BCUT2D eigenvalue weighted by molar-refractivity contribution is 7.21. The lowest BCUT2D eigenvalue weighted by atomic mass is 10.0. The second-order valence-corrected chi connectivity index (χ2v) is 8.09. The molecule has 15 heteroatoms. The quantitative estimate of drug-likeness (QED) is 0.262. The van der Waals surface area contributed by atoms with Gasteiger partial charge in [-0.15, -0.1) is 16.4 Å². The van der Waals surface area contributed by atoms with Gasteiger partial charge in [-0.25, -0.2) is 4.98 Å². The Morgan fingerprint density at radius 1 is 1.24 bits per heavy atom. The van der Waals surface area contributed by atoms with Gasteiger partial charge in [0, 0.05) is 5.39 Å². The summed E-state index contributed by atoms with van der Waals surface area (Å²) in [5.41, 5.74) is 3.79. The second-order valence-electron chi connectivity index (χ2n) is 6.72. The number of H-pyrrole nitrogens is 1. The monoisotopic (exact) mass is 510 g/mol. The molecule has 0 aliphatic rings. The number of hydrogen-bond acceptors (Lipinski definition) is 7. The van der Waals surface area contributed by atoms with Gasteiger partial charge in [-0.05, 0) is 22.1 Å². The van der Waals surface area contributed by atoms with Gasteiger partial charge in [-0.1, -0.05) is 47.0 Å². The molecular weight excluding hydrogens is 501 g/mol. The first-order valence-corrected chi connectivity index (χ1v) is 10.3. The summed E-state index contributed by atoms with van der Waals surface area (Å²) in [7, 11) is 0. The Hall–Kier alpha value is -4.04. The third-order valence-corrected chi connectivity index (χ3v) is 6.04. The molecule has 3 aromatic heterocycles. The van der Waals surface area contributed by atoms with Gasteiger partial charge >= 0.3 is 12.0 Å². The van der Waals surface area contributed by atoms with Crippen molar-refractivity contribution in [2.24, 2.45) is 5.73 Å². The lowest BCUT2D eigenvalue weighted by molar-refractivity contribution is -0.389. The van der Waals surface area contributed by atoms with E-state index in [1.165, 1.54) is 12.1 Å². The SMILES string of the molecule is NC(=O)c1sc2nc(C(F)(F)F)cc(-c3ccccc3)c2c1NC(=O)c1n[nH]c([N+](=O)[O-])c1Cl. The minimum Gasteiger partial charge on any atom is -0.365 e. The van der Waals surface area contributed by atoms with Gasteiger partial charge in [0.25, 0.3) is 11.8 Å². The summed E-state index contributed by atoms with van der Waals surface area (Å²) in [6.45, 7) is 0. The van der Waals surface area contributed by atoms with E-state index in [0.717, 1.165) is 6.07 Å². The molecule has 0 spiro atoms. The smallest absolute Gasteiger partial charge is 0.365 e. The van der Waals surface area contributed by atoms with Crippen LogP contribution < -0.4 is 11.1 Å². The van der Waals surface area contributed by atoms with Crippen molar-refractivity contribution in [1.82, 2.24) is 15.2 Å². The van der Waals surface area contributed by atoms with Crippen LogP contribution in [0.5, 0.6) is 0 Å². The fourth-order valence-corrected chi connectivity index (χ4v) is 4.39. The van der Waals surface area contributed by atoms with Crippen LogP contribution in [0.25, 0.3) is 21.3 Å². The molecule has 0 atom stereocenters. The normalized spacial score (nSPS) is 11.5. The number of anilines is 1. The first-order valence-electron chi connectivity index (χ1n) is 9.08. The summed E-state index contributed by atoms with van der Waals surface area (Å²) in [5, 5.41) is 18.3. The predicted molar refractivity (Wildman–Crippen MR) is 117 cm³/mol. The fraction of sp³-hybridized carbons (Fsp3) is 0.0526. The number of pyridine rings is 1. The number of amides is 2. The van der Waals surface area contributed by atoms with E-state index in [2.05, 4.69) is 15.4 Å². The van der Waals surface area contributed by atoms with Crippen LogP contribution in [0, 0.1) is 10.1 Å². The Bertz CT molecular complexity index is 1470. The van der Waals surface area contributed by atoms with Crippen LogP contribution in [0.1, 0.15) is 25.9 Å². The average Bonchev–Trinajstić information content (AvgIpc) is 3.34. The Kier molecular flexibility index (Phi) is 5.70. The summed E-state index contributed by atoms with van der Waals surface area (Å²) in [6, 6.07) is 8.71. The Balaban J connectivity index is 1.96. The summed E-state index contributed by atoms with van der Waals surface area (Å²) in [4.78, 5) is 38.1. The third kappa shape index (κ3) is 4.04. The highest BCUT2D eigenvalue weighted by Crippen LogP contribution is 2.43. The van der Waals surface area contributed by atoms with E-state index < -0.39 is 45.1 Å². The number of aromatic amines is 1. The largest absolute Gasteiger partial charge is 0.433 e. The lowest BCUT2D eigenvalue weighted by Gasteiger charge is -2.12. The van der Waals surface area contributed by atoms with Crippen molar-refractivity contribution >= 4 is 56.5 Å². The van der Waals surface area contributed by atoms with E-state index in [0.29, 0.717) is 16.9 Å². The number of thiophene rings is 1. The van der Waals surface area contributed by atoms with E-state index in [1.807, 2.05) is 5.10 Å². The minimum absolute atomic E-state index is 0.0208. The van der Waals surface area contributed by atoms with Crippen LogP contribution in [0.4, 0.5) is 24.7 Å². The van der Waals surface area contributed by atoms with Gasteiger partial charge < -0.3 is 21.2 Å². The molecule has 4 N–H and O–H groups in total. The maximum atomic E-state index is 13.5. The molecule has 0 aliphatic carbocycles. The molecule has 0 bridgehead atoms. The van der Waals surface area contributed by atoms with Crippen molar-refractivity contribution in [2.75, 3.05) is 5.32 Å². The first-order chi connectivity index (χ1) is 16.0. The van der Waals surface area contributed by atoms with Crippen molar-refractivity contribution in [1.29, 1.82) is 0 Å². The molecule has 0 saturated heterocycles. The van der Waals surface area contributed by atoms with Crippen LogP contribution in [-0.2, 0) is 6.18 Å². The number of carbonyl (C=O) groups excluding carboxylic acids is 2. The number of benzene rings is 1. The topological polar surface area (TPSA) is 157 Å². The van der Waals surface area contributed by atoms with Gasteiger partial charge in [0.15, 0.2) is 10.7 Å². The highest BCUT2D eigenvalue weighted by atomic mass is 35.5. The molecule has 4 rings (SSSR count). The Morgan fingerprint density at radius 3 is 2.47 bits per heavy atom. The molecule has 2 amide bonds. The number of nitro groups is 1. The molecule has 0 aliphatic heterocycles. The van der Waals surface area contributed by atoms with Crippen molar-refractivity contribution < 1.29 is 27.7 Å². The second kappa shape index (κ2) is 8.39. The van der Waals surface area contributed by atoms with E-state index in [1.54, 1.807) is 18.2 Å². The average molecular weight is 511 g/mol. The molecule has 1 aromatic carbocycles. The fourth-order valence-electron chi connectivity index (χ4n) is 3.15. The summed E-state index contributed by atoms with van der Waals surface area (Å²) < 4.78 is 40.6. The molecule has 0 radical (unpaired) electrons.